The minimum absolute atomic E-state index is 1.34. The second-order valence-electron chi connectivity index (χ2n) is 1.35. The second kappa shape index (κ2) is 4.19. The van der Waals surface area contributed by atoms with Gasteiger partial charge in [-0.1, -0.05) is 0 Å². The van der Waals surface area contributed by atoms with E-state index in [0.717, 1.165) is 0 Å². The predicted molar refractivity (Wildman–Crippen MR) is 33.9 cm³/mol. The Morgan fingerprint density at radius 2 is 1.60 bits per heavy atom. The number of hydrogen-bond acceptors (Lipinski definition) is 0. The minimum atomic E-state index is 1.34. The summed E-state index contributed by atoms with van der Waals surface area (Å²) in [5.74, 6) is 0. The van der Waals surface area contributed by atoms with E-state index < -0.39 is 0 Å². The average molecular weight is 65.5 g/mol. The summed E-state index contributed by atoms with van der Waals surface area (Å²) in [6.07, 6.45) is 2.69. The summed E-state index contributed by atoms with van der Waals surface area (Å²) in [5, 5.41) is 0. The summed E-state index contributed by atoms with van der Waals surface area (Å²) < 4.78 is 0. The van der Waals surface area contributed by atoms with Crippen LogP contribution in [0, 0.1) is 0 Å². The summed E-state index contributed by atoms with van der Waals surface area (Å²) in [4.78, 5) is 0. The molecule has 0 aliphatic carbocycles. The zero-order chi connectivity index (χ0) is 4.12. The Balaban J connectivity index is 2.19. The van der Waals surface area contributed by atoms with Crippen LogP contribution in [0.25, 0.3) is 0 Å². The Kier molecular flexibility index (Phi) is 4.36. The molecule has 0 heterocycles. The van der Waals surface area contributed by atoms with Crippen LogP contribution in [0.4, 0.5) is 0 Å². The third-order valence-corrected chi connectivity index (χ3v) is 0.707. The smallest absolute Gasteiger partial charge is 0.104 e. The van der Waals surface area contributed by atoms with Crippen molar-refractivity contribution in [2.45, 2.75) is 12.4 Å². The van der Waals surface area contributed by atoms with Crippen LogP contribution in [0.15, 0.2) is 0 Å². The lowest BCUT2D eigenvalue weighted by atomic mass is 9.58. The molecule has 0 bridgehead atoms. The molecule has 0 atom stereocenters. The van der Waals surface area contributed by atoms with Crippen molar-refractivity contribution in [1.82, 2.24) is 0 Å². The van der Waals surface area contributed by atoms with Crippen molar-refractivity contribution in [3.8, 4) is 0 Å². The topological polar surface area (TPSA) is 0 Å². The molecule has 0 saturated heterocycles. The maximum Gasteiger partial charge on any atom is 0.104 e. The van der Waals surface area contributed by atoms with Gasteiger partial charge in [0.25, 0.3) is 0 Å². The zero-order valence-corrected chi connectivity index (χ0v) is 4.12. The van der Waals surface area contributed by atoms with Crippen LogP contribution in [0.2, 0.25) is 12.4 Å². The van der Waals surface area contributed by atoms with E-state index in [2.05, 4.69) is 15.7 Å². The Bertz CT molecular complexity index is 12.4. The SMILES string of the molecule is BCBCB. The van der Waals surface area contributed by atoms with Gasteiger partial charge in [0.1, 0.15) is 7.28 Å². The third kappa shape index (κ3) is 4.19. The molecule has 0 aromatic heterocycles. The minimum Gasteiger partial charge on any atom is -0.105 e. The monoisotopic (exact) mass is 66.1 g/mol. The molecule has 0 radical (unpaired) electrons. The molecule has 0 aromatic carbocycles. The Morgan fingerprint density at radius 3 is 1.60 bits per heavy atom. The van der Waals surface area contributed by atoms with Crippen LogP contribution in [0.1, 0.15) is 0 Å². The maximum absolute atomic E-state index is 2.21. The summed E-state index contributed by atoms with van der Waals surface area (Å²) >= 11 is 0. The third-order valence-electron chi connectivity index (χ3n) is 0.707. The normalized spacial score (nSPS) is 7.20. The van der Waals surface area contributed by atoms with E-state index in [0.29, 0.717) is 0 Å². The predicted octanol–water partition coefficient (Wildman–Crippen LogP) is -1.56. The van der Waals surface area contributed by atoms with E-state index in [-0.39, 0.29) is 0 Å². The van der Waals surface area contributed by atoms with Crippen LogP contribution in [0.3, 0.4) is 0 Å². The van der Waals surface area contributed by atoms with E-state index in [9.17, 15) is 0 Å². The first kappa shape index (κ1) is 5.19. The van der Waals surface area contributed by atoms with Crippen LogP contribution in [-0.2, 0) is 0 Å². The summed E-state index contributed by atoms with van der Waals surface area (Å²) in [7, 11) is 5.81. The van der Waals surface area contributed by atoms with Crippen molar-refractivity contribution in [2.24, 2.45) is 0 Å². The zero-order valence-electron chi connectivity index (χ0n) is 4.12. The van der Waals surface area contributed by atoms with E-state index in [1.807, 2.05) is 0 Å². The highest BCUT2D eigenvalue weighted by Crippen LogP contribution is 1.68. The Morgan fingerprint density at radius 1 is 1.20 bits per heavy atom. The van der Waals surface area contributed by atoms with Crippen LogP contribution in [0.5, 0.6) is 0 Å². The standard InChI is InChI=1S/C2H9B3/c3-1-5-2-4/h5H,1-4H2. The van der Waals surface area contributed by atoms with Crippen molar-refractivity contribution in [1.29, 1.82) is 0 Å². The van der Waals surface area contributed by atoms with Gasteiger partial charge in [0.15, 0.2) is 0 Å². The molecular weight excluding hydrogens is 56.5 g/mol. The molecule has 0 aliphatic heterocycles. The van der Waals surface area contributed by atoms with Gasteiger partial charge in [0.05, 0.1) is 15.7 Å². The van der Waals surface area contributed by atoms with Crippen molar-refractivity contribution in [3.63, 3.8) is 0 Å². The Hall–Kier alpha value is 0.195. The molecule has 0 spiro atoms. The average Bonchev–Trinajstić information content (AvgIpc) is 1.41. The lowest BCUT2D eigenvalue weighted by Crippen LogP contribution is -1.84. The highest BCUT2D eigenvalue weighted by Gasteiger charge is 1.73. The van der Waals surface area contributed by atoms with Crippen LogP contribution >= 0.6 is 0 Å². The van der Waals surface area contributed by atoms with Crippen LogP contribution in [-0.4, -0.2) is 23.0 Å². The molecule has 0 unspecified atom stereocenters. The van der Waals surface area contributed by atoms with Gasteiger partial charge in [-0.25, -0.2) is 0 Å². The molecule has 0 amide bonds. The molecule has 0 N–H and O–H groups in total. The summed E-state index contributed by atoms with van der Waals surface area (Å²) in [6, 6.07) is 0. The molecule has 26 valence electrons. The fourth-order valence-electron chi connectivity index (χ4n) is 0.354. The van der Waals surface area contributed by atoms with Gasteiger partial charge in [0.2, 0.25) is 0 Å². The summed E-state index contributed by atoms with van der Waals surface area (Å²) in [6.45, 7) is 0. The lowest BCUT2D eigenvalue weighted by Gasteiger charge is -1.74. The van der Waals surface area contributed by atoms with Gasteiger partial charge < -0.3 is 0 Å². The van der Waals surface area contributed by atoms with Gasteiger partial charge in [0, 0.05) is 0 Å². The van der Waals surface area contributed by atoms with E-state index in [1.54, 1.807) is 0 Å². The van der Waals surface area contributed by atoms with Gasteiger partial charge >= 0.3 is 0 Å². The van der Waals surface area contributed by atoms with E-state index in [4.69, 9.17) is 0 Å². The maximum atomic E-state index is 2.21. The molecule has 3 heteroatoms. The quantitative estimate of drug-likeness (QED) is 0.342. The van der Waals surface area contributed by atoms with Crippen molar-refractivity contribution in [2.75, 3.05) is 0 Å². The van der Waals surface area contributed by atoms with Gasteiger partial charge in [-0.05, 0) is 0 Å². The molecule has 0 saturated carbocycles. The highest BCUT2D eigenvalue weighted by molar-refractivity contribution is 6.54. The number of hydrogen-bond donors (Lipinski definition) is 0. The molecule has 0 aromatic rings. The first-order valence-corrected chi connectivity index (χ1v) is 2.41. The van der Waals surface area contributed by atoms with Crippen molar-refractivity contribution in [3.05, 3.63) is 0 Å². The molecular formula is C2H9B3. The first-order valence-electron chi connectivity index (χ1n) is 2.41. The van der Waals surface area contributed by atoms with Gasteiger partial charge in [-0.2, -0.15) is 0 Å². The largest absolute Gasteiger partial charge is 0.105 e. The van der Waals surface area contributed by atoms with Gasteiger partial charge in [-0.3, -0.25) is 0 Å². The van der Waals surface area contributed by atoms with Gasteiger partial charge in [-0.15, -0.1) is 12.4 Å². The second-order valence-corrected chi connectivity index (χ2v) is 1.35. The fourth-order valence-corrected chi connectivity index (χ4v) is 0.354. The summed E-state index contributed by atoms with van der Waals surface area (Å²) in [5.41, 5.74) is 0. The first-order chi connectivity index (χ1) is 2.41. The van der Waals surface area contributed by atoms with Crippen molar-refractivity contribution < 1.29 is 0 Å². The highest BCUT2D eigenvalue weighted by atomic mass is 13.2. The molecule has 0 aliphatic rings. The van der Waals surface area contributed by atoms with Crippen LogP contribution < -0.4 is 0 Å². The molecule has 0 fully saturated rings. The van der Waals surface area contributed by atoms with Crippen molar-refractivity contribution >= 4 is 23.0 Å². The van der Waals surface area contributed by atoms with E-state index >= 15 is 0 Å². The number of rotatable bonds is 2. The molecule has 0 nitrogen and oxygen atoms in total. The van der Waals surface area contributed by atoms with E-state index in [1.165, 1.54) is 19.7 Å². The Labute approximate surface area is 36.4 Å². The lowest BCUT2D eigenvalue weighted by molar-refractivity contribution is 1.91. The molecule has 0 rings (SSSR count). The fraction of sp³-hybridized carbons (Fsp3) is 1.00. The molecule has 5 heavy (non-hydrogen) atoms.